The molecule has 0 spiro atoms. The topological polar surface area (TPSA) is 149 Å². The van der Waals surface area contributed by atoms with Gasteiger partial charge in [-0.2, -0.15) is 0 Å². The summed E-state index contributed by atoms with van der Waals surface area (Å²) in [5.41, 5.74) is 0. The average molecular weight is 1260 g/mol. The monoisotopic (exact) mass is 1260 g/mol. The number of ether oxygens (including phenoxy) is 2. The van der Waals surface area contributed by atoms with Crippen LogP contribution < -0.4 is 5.32 Å². The number of unbranched alkanes of at least 4 members (excludes halogenated alkanes) is 37. The van der Waals surface area contributed by atoms with E-state index in [0.717, 1.165) is 89.9 Å². The molecule has 90 heavy (non-hydrogen) atoms. The van der Waals surface area contributed by atoms with Gasteiger partial charge >= 0.3 is 0 Å². The fourth-order valence-corrected chi connectivity index (χ4v) is 11.4. The summed E-state index contributed by atoms with van der Waals surface area (Å²) < 4.78 is 11.3. The first kappa shape index (κ1) is 84.6. The molecule has 1 amide bonds. The van der Waals surface area contributed by atoms with E-state index in [1.165, 1.54) is 218 Å². The molecule has 6 N–H and O–H groups in total. The molecule has 0 aromatic rings. The number of carbonyl (C=O) groups excluding carboxylic acids is 1. The molecule has 1 rings (SSSR count). The van der Waals surface area contributed by atoms with Gasteiger partial charge in [0.15, 0.2) is 6.29 Å². The predicted molar refractivity (Wildman–Crippen MR) is 387 cm³/mol. The van der Waals surface area contributed by atoms with Crippen LogP contribution in [-0.2, 0) is 14.3 Å². The van der Waals surface area contributed by atoms with Gasteiger partial charge < -0.3 is 40.3 Å². The van der Waals surface area contributed by atoms with Gasteiger partial charge in [-0.1, -0.05) is 341 Å². The van der Waals surface area contributed by atoms with Crippen LogP contribution in [0.3, 0.4) is 0 Å². The van der Waals surface area contributed by atoms with Crippen molar-refractivity contribution in [3.05, 3.63) is 122 Å². The van der Waals surface area contributed by atoms with Crippen LogP contribution in [0, 0.1) is 0 Å². The molecule has 1 heterocycles. The maximum atomic E-state index is 13.2. The lowest BCUT2D eigenvalue weighted by Gasteiger charge is -2.40. The molecule has 0 aliphatic carbocycles. The van der Waals surface area contributed by atoms with E-state index in [4.69, 9.17) is 9.47 Å². The molecule has 0 aromatic heterocycles. The summed E-state index contributed by atoms with van der Waals surface area (Å²) in [6.07, 6.45) is 96.1. The van der Waals surface area contributed by atoms with Gasteiger partial charge in [0.1, 0.15) is 24.4 Å². The van der Waals surface area contributed by atoms with Crippen LogP contribution in [0.1, 0.15) is 328 Å². The lowest BCUT2D eigenvalue weighted by atomic mass is 9.99. The van der Waals surface area contributed by atoms with Crippen molar-refractivity contribution in [1.82, 2.24) is 5.32 Å². The second-order valence-electron chi connectivity index (χ2n) is 25.7. The Balaban J connectivity index is 2.14. The van der Waals surface area contributed by atoms with Gasteiger partial charge in [0.2, 0.25) is 5.91 Å². The summed E-state index contributed by atoms with van der Waals surface area (Å²) in [6, 6.07) is -0.837. The van der Waals surface area contributed by atoms with Crippen LogP contribution in [0.25, 0.3) is 0 Å². The molecule has 0 radical (unpaired) electrons. The third-order valence-corrected chi connectivity index (χ3v) is 17.2. The van der Waals surface area contributed by atoms with Gasteiger partial charge in [-0.15, -0.1) is 0 Å². The number of rotatable bonds is 65. The first-order valence-electron chi connectivity index (χ1n) is 37.8. The number of hydrogen-bond acceptors (Lipinski definition) is 8. The number of aliphatic hydroxyl groups is 5. The summed E-state index contributed by atoms with van der Waals surface area (Å²) >= 11 is 0. The van der Waals surface area contributed by atoms with Crippen LogP contribution >= 0.6 is 0 Å². The van der Waals surface area contributed by atoms with Crippen molar-refractivity contribution < 1.29 is 39.8 Å². The average Bonchev–Trinajstić information content (AvgIpc) is 1.28. The Morgan fingerprint density at radius 1 is 0.389 bits per heavy atom. The second kappa shape index (κ2) is 68.4. The molecular formula is C81H141NO8. The van der Waals surface area contributed by atoms with Gasteiger partial charge in [-0.25, -0.2) is 0 Å². The lowest BCUT2D eigenvalue weighted by Crippen LogP contribution is -2.60. The minimum absolute atomic E-state index is 0.192. The summed E-state index contributed by atoms with van der Waals surface area (Å²) in [5.74, 6) is -0.192. The predicted octanol–water partition coefficient (Wildman–Crippen LogP) is 21.4. The van der Waals surface area contributed by atoms with Gasteiger partial charge in [-0.05, 0) is 103 Å². The van der Waals surface area contributed by atoms with Crippen LogP contribution in [0.2, 0.25) is 0 Å². The fourth-order valence-electron chi connectivity index (χ4n) is 11.4. The van der Waals surface area contributed by atoms with E-state index in [0.29, 0.717) is 6.42 Å². The SMILES string of the molecule is CC/C=C\C/C=C\C/C=C\C/C=C\C/C=C\C/C=C\C/C=C\CCCCCCCCCCCCCCCCCC(=O)NC(COC1OC(CO)C(O)C(O)C1O)C(O)/C=C/CC/C=C/CC/C=C/CCCCCCCCCCCCCCCCCCCCCC. The highest BCUT2D eigenvalue weighted by Crippen LogP contribution is 2.23. The van der Waals surface area contributed by atoms with Gasteiger partial charge in [0, 0.05) is 6.42 Å². The highest BCUT2D eigenvalue weighted by atomic mass is 16.7. The second-order valence-corrected chi connectivity index (χ2v) is 25.7. The normalized spacial score (nSPS) is 18.5. The van der Waals surface area contributed by atoms with Crippen LogP contribution in [0.4, 0.5) is 0 Å². The Kier molecular flexibility index (Phi) is 64.3. The van der Waals surface area contributed by atoms with Crippen molar-refractivity contribution in [2.75, 3.05) is 13.2 Å². The Morgan fingerprint density at radius 2 is 0.700 bits per heavy atom. The zero-order valence-electron chi connectivity index (χ0n) is 58.1. The number of aliphatic hydroxyl groups excluding tert-OH is 5. The van der Waals surface area contributed by atoms with E-state index < -0.39 is 49.5 Å². The van der Waals surface area contributed by atoms with E-state index in [1.807, 2.05) is 6.08 Å². The molecule has 9 nitrogen and oxygen atoms in total. The number of amides is 1. The number of hydrogen-bond donors (Lipinski definition) is 6. The molecule has 518 valence electrons. The van der Waals surface area contributed by atoms with Crippen molar-refractivity contribution in [3.63, 3.8) is 0 Å². The molecule has 0 saturated carbocycles. The molecule has 0 bridgehead atoms. The minimum Gasteiger partial charge on any atom is -0.394 e. The summed E-state index contributed by atoms with van der Waals surface area (Å²) in [4.78, 5) is 13.2. The number of nitrogens with one attached hydrogen (secondary N) is 1. The van der Waals surface area contributed by atoms with Crippen molar-refractivity contribution >= 4 is 5.91 Å². The lowest BCUT2D eigenvalue weighted by molar-refractivity contribution is -0.302. The van der Waals surface area contributed by atoms with E-state index >= 15 is 0 Å². The highest BCUT2D eigenvalue weighted by Gasteiger charge is 2.44. The van der Waals surface area contributed by atoms with Gasteiger partial charge in [0.25, 0.3) is 0 Å². The summed E-state index contributed by atoms with van der Waals surface area (Å²) in [6.45, 7) is 3.67. The van der Waals surface area contributed by atoms with Crippen LogP contribution in [0.15, 0.2) is 122 Å². The Bertz CT molecular complexity index is 1840. The quantitative estimate of drug-likeness (QED) is 0.0261. The maximum absolute atomic E-state index is 13.2. The van der Waals surface area contributed by atoms with Crippen molar-refractivity contribution in [2.24, 2.45) is 0 Å². The van der Waals surface area contributed by atoms with Crippen LogP contribution in [-0.4, -0.2) is 87.5 Å². The largest absolute Gasteiger partial charge is 0.394 e. The molecule has 7 unspecified atom stereocenters. The molecule has 1 aliphatic heterocycles. The molecule has 1 aliphatic rings. The van der Waals surface area contributed by atoms with E-state index in [-0.39, 0.29) is 12.5 Å². The van der Waals surface area contributed by atoms with Crippen LogP contribution in [0.5, 0.6) is 0 Å². The zero-order chi connectivity index (χ0) is 64.9. The molecule has 1 saturated heterocycles. The smallest absolute Gasteiger partial charge is 0.220 e. The zero-order valence-corrected chi connectivity index (χ0v) is 58.1. The first-order valence-corrected chi connectivity index (χ1v) is 37.8. The standard InChI is InChI=1S/C81H141NO8/c1-3-5-7-9-11-13-15-17-19-21-23-25-27-29-31-33-35-36-37-38-39-40-41-43-45-47-49-51-53-55-57-59-61-63-65-67-69-71-77(85)82-74(73-89-81-80(88)79(87)78(86)76(72-83)90-81)75(84)70-68-66-64-62-60-58-56-54-52-50-48-46-44-42-34-32-30-28-26-24-22-20-18-16-14-12-10-8-6-4-2/h5,7,11,13,17,19,23,25,29,31,35-36,38-39,52,54,60,62,68,70,74-76,78-81,83-84,86-88H,3-4,6,8-10,12,14-16,18,20-22,24,26-28,30,32-34,37,40-51,53,55-59,61,63-67,69,71-73H2,1-2H3,(H,82,85)/b7-5-,13-11-,19-17-,25-23-,31-29-,36-35-,39-38-,54-52+,62-60+,70-68+. The molecular weight excluding hydrogens is 1110 g/mol. The first-order chi connectivity index (χ1) is 44.3. The maximum Gasteiger partial charge on any atom is 0.220 e. The van der Waals surface area contributed by atoms with Crippen molar-refractivity contribution in [3.8, 4) is 0 Å². The van der Waals surface area contributed by atoms with Crippen molar-refractivity contribution in [2.45, 2.75) is 371 Å². The molecule has 9 heteroatoms. The molecule has 1 fully saturated rings. The number of carbonyl (C=O) groups is 1. The fraction of sp³-hybridized carbons (Fsp3) is 0.741. The van der Waals surface area contributed by atoms with E-state index in [9.17, 15) is 30.3 Å². The summed E-state index contributed by atoms with van der Waals surface area (Å²) in [5, 5.41) is 54.8. The third kappa shape index (κ3) is 56.2. The van der Waals surface area contributed by atoms with Gasteiger partial charge in [0.05, 0.1) is 25.4 Å². The number of allylic oxidation sites excluding steroid dienone is 19. The Hall–Kier alpha value is -3.41. The Morgan fingerprint density at radius 3 is 1.07 bits per heavy atom. The van der Waals surface area contributed by atoms with Gasteiger partial charge in [-0.3, -0.25) is 4.79 Å². The van der Waals surface area contributed by atoms with Crippen molar-refractivity contribution in [1.29, 1.82) is 0 Å². The molecule has 0 aromatic carbocycles. The third-order valence-electron chi connectivity index (χ3n) is 17.2. The Labute approximate surface area is 554 Å². The summed E-state index contributed by atoms with van der Waals surface area (Å²) in [7, 11) is 0. The highest BCUT2D eigenvalue weighted by molar-refractivity contribution is 5.76. The van der Waals surface area contributed by atoms with E-state index in [1.54, 1.807) is 6.08 Å². The minimum atomic E-state index is -1.58. The molecule has 7 atom stereocenters. The van der Waals surface area contributed by atoms with E-state index in [2.05, 4.69) is 129 Å².